The monoisotopic (exact) mass is 437 g/mol. The molecule has 1 aromatic carbocycles. The maximum absolute atomic E-state index is 13.1. The minimum atomic E-state index is -0.366. The molecule has 1 amide bonds. The third-order valence-corrected chi connectivity index (χ3v) is 6.61. The Hall–Kier alpha value is -2.77. The lowest BCUT2D eigenvalue weighted by molar-refractivity contribution is 0.0526. The molecule has 1 N–H and O–H groups in total. The summed E-state index contributed by atoms with van der Waals surface area (Å²) in [6.45, 7) is 8.92. The van der Waals surface area contributed by atoms with Crippen molar-refractivity contribution in [1.82, 2.24) is 9.88 Å². The highest BCUT2D eigenvalue weighted by Gasteiger charge is 2.29. The van der Waals surface area contributed by atoms with Gasteiger partial charge in [-0.25, -0.2) is 4.79 Å². The Kier molecular flexibility index (Phi) is 6.34. The van der Waals surface area contributed by atoms with Gasteiger partial charge in [0.1, 0.15) is 5.00 Å². The van der Waals surface area contributed by atoms with E-state index in [2.05, 4.69) is 22.1 Å². The highest BCUT2D eigenvalue weighted by atomic mass is 32.1. The molecule has 1 aliphatic rings. The Morgan fingerprint density at radius 3 is 2.81 bits per heavy atom. The predicted molar refractivity (Wildman–Crippen MR) is 124 cm³/mol. The first-order valence-corrected chi connectivity index (χ1v) is 11.5. The van der Waals surface area contributed by atoms with Gasteiger partial charge in [-0.05, 0) is 57.0 Å². The van der Waals surface area contributed by atoms with Gasteiger partial charge in [-0.3, -0.25) is 14.7 Å². The van der Waals surface area contributed by atoms with Crippen LogP contribution in [-0.2, 0) is 17.7 Å². The number of nitrogens with zero attached hydrogens (tertiary/aromatic N) is 2. The van der Waals surface area contributed by atoms with E-state index < -0.39 is 0 Å². The number of aromatic nitrogens is 1. The van der Waals surface area contributed by atoms with Gasteiger partial charge in [0.2, 0.25) is 0 Å². The summed E-state index contributed by atoms with van der Waals surface area (Å²) in [4.78, 5) is 33.8. The molecule has 0 unspecified atom stereocenters. The fourth-order valence-corrected chi connectivity index (χ4v) is 5.28. The minimum absolute atomic E-state index is 0.250. The topological polar surface area (TPSA) is 71.5 Å². The molecule has 0 saturated carbocycles. The van der Waals surface area contributed by atoms with Gasteiger partial charge in [0.05, 0.1) is 17.7 Å². The Labute approximate surface area is 186 Å². The number of rotatable bonds is 6. The number of aryl methyl sites for hydroxylation is 1. The number of esters is 1. The van der Waals surface area contributed by atoms with E-state index in [0.717, 1.165) is 59.5 Å². The lowest BCUT2D eigenvalue weighted by Crippen LogP contribution is -2.30. The fraction of sp³-hybridized carbons (Fsp3) is 0.375. The lowest BCUT2D eigenvalue weighted by Gasteiger charge is -2.26. The van der Waals surface area contributed by atoms with E-state index in [1.165, 1.54) is 11.3 Å². The number of benzene rings is 1. The van der Waals surface area contributed by atoms with E-state index in [1.807, 2.05) is 25.1 Å². The molecule has 0 atom stereocenters. The summed E-state index contributed by atoms with van der Waals surface area (Å²) < 4.78 is 5.32. The molecule has 7 heteroatoms. The summed E-state index contributed by atoms with van der Waals surface area (Å²) in [5.74, 6) is -0.616. The molecule has 3 heterocycles. The van der Waals surface area contributed by atoms with E-state index in [-0.39, 0.29) is 11.9 Å². The second-order valence-corrected chi connectivity index (χ2v) is 8.87. The average Bonchev–Trinajstić information content (AvgIpc) is 3.10. The zero-order valence-electron chi connectivity index (χ0n) is 18.2. The Morgan fingerprint density at radius 2 is 2.03 bits per heavy atom. The molecule has 0 fully saturated rings. The Morgan fingerprint density at radius 1 is 1.23 bits per heavy atom. The van der Waals surface area contributed by atoms with Crippen molar-refractivity contribution in [3.63, 3.8) is 0 Å². The Balaban J connectivity index is 1.65. The van der Waals surface area contributed by atoms with Crippen LogP contribution in [0.4, 0.5) is 5.00 Å². The van der Waals surface area contributed by atoms with E-state index in [9.17, 15) is 9.59 Å². The first kappa shape index (κ1) is 21.5. The summed E-state index contributed by atoms with van der Waals surface area (Å²) in [5, 5.41) is 4.54. The molecule has 0 bridgehead atoms. The van der Waals surface area contributed by atoms with Gasteiger partial charge in [-0.15, -0.1) is 11.3 Å². The molecule has 162 valence electrons. The van der Waals surface area contributed by atoms with Crippen LogP contribution < -0.4 is 5.32 Å². The molecular weight excluding hydrogens is 410 g/mol. The largest absolute Gasteiger partial charge is 0.462 e. The number of hydrogen-bond acceptors (Lipinski definition) is 6. The van der Waals surface area contributed by atoms with E-state index in [4.69, 9.17) is 4.74 Å². The van der Waals surface area contributed by atoms with Crippen LogP contribution in [0, 0.1) is 6.92 Å². The van der Waals surface area contributed by atoms with Gasteiger partial charge in [0, 0.05) is 34.6 Å². The number of fused-ring (bicyclic) bond motifs is 2. The standard InChI is InChI=1S/C24H27N3O3S/c1-4-11-27-12-10-18-20(14-27)31-23(21(18)24(29)30-5-2)26-22(28)17-9-8-16-7-6-15(3)25-19(16)13-17/h6-9,13H,4-5,10-12,14H2,1-3H3,(H,26,28). The normalized spacial score (nSPS) is 13.8. The first-order chi connectivity index (χ1) is 15.0. The molecule has 6 nitrogen and oxygen atoms in total. The van der Waals surface area contributed by atoms with Crippen molar-refractivity contribution in [3.05, 3.63) is 57.6 Å². The molecule has 3 aromatic rings. The van der Waals surface area contributed by atoms with Crippen molar-refractivity contribution >= 4 is 39.1 Å². The van der Waals surface area contributed by atoms with Crippen LogP contribution >= 0.6 is 11.3 Å². The molecular formula is C24H27N3O3S. The van der Waals surface area contributed by atoms with Crippen LogP contribution in [0.1, 0.15) is 57.1 Å². The highest BCUT2D eigenvalue weighted by molar-refractivity contribution is 7.17. The van der Waals surface area contributed by atoms with Crippen LogP contribution in [0.25, 0.3) is 10.9 Å². The fourth-order valence-electron chi connectivity index (χ4n) is 4.01. The molecule has 4 rings (SSSR count). The number of anilines is 1. The number of carbonyl (C=O) groups is 2. The van der Waals surface area contributed by atoms with Gasteiger partial charge < -0.3 is 10.1 Å². The molecule has 2 aromatic heterocycles. The summed E-state index contributed by atoms with van der Waals surface area (Å²) in [7, 11) is 0. The molecule has 1 aliphatic heterocycles. The summed E-state index contributed by atoms with van der Waals surface area (Å²) in [6.07, 6.45) is 1.87. The van der Waals surface area contributed by atoms with Gasteiger partial charge in [-0.2, -0.15) is 0 Å². The summed E-state index contributed by atoms with van der Waals surface area (Å²) in [5.41, 5.74) is 3.72. The van der Waals surface area contributed by atoms with E-state index in [1.54, 1.807) is 19.1 Å². The second kappa shape index (κ2) is 9.16. The molecule has 0 saturated heterocycles. The van der Waals surface area contributed by atoms with Crippen LogP contribution in [0.5, 0.6) is 0 Å². The number of carbonyl (C=O) groups excluding carboxylic acids is 2. The quantitative estimate of drug-likeness (QED) is 0.561. The van der Waals surface area contributed by atoms with Crippen molar-refractivity contribution in [3.8, 4) is 0 Å². The van der Waals surface area contributed by atoms with Crippen molar-refractivity contribution in [2.75, 3.05) is 25.0 Å². The van der Waals surface area contributed by atoms with Gasteiger partial charge in [0.25, 0.3) is 5.91 Å². The minimum Gasteiger partial charge on any atom is -0.462 e. The summed E-state index contributed by atoms with van der Waals surface area (Å²) in [6, 6.07) is 9.41. The van der Waals surface area contributed by atoms with Crippen molar-refractivity contribution in [2.24, 2.45) is 0 Å². The van der Waals surface area contributed by atoms with E-state index in [0.29, 0.717) is 22.7 Å². The second-order valence-electron chi connectivity index (χ2n) is 7.77. The highest BCUT2D eigenvalue weighted by Crippen LogP contribution is 2.38. The van der Waals surface area contributed by atoms with Gasteiger partial charge >= 0.3 is 5.97 Å². The van der Waals surface area contributed by atoms with E-state index >= 15 is 0 Å². The van der Waals surface area contributed by atoms with Crippen LogP contribution in [-0.4, -0.2) is 41.5 Å². The molecule has 0 spiro atoms. The molecule has 0 aliphatic carbocycles. The smallest absolute Gasteiger partial charge is 0.341 e. The zero-order chi connectivity index (χ0) is 22.0. The number of nitrogens with one attached hydrogen (secondary N) is 1. The third-order valence-electron chi connectivity index (χ3n) is 5.48. The van der Waals surface area contributed by atoms with Gasteiger partial charge in [0.15, 0.2) is 0 Å². The number of thiophene rings is 1. The first-order valence-electron chi connectivity index (χ1n) is 10.7. The number of amides is 1. The molecule has 31 heavy (non-hydrogen) atoms. The maximum atomic E-state index is 13.1. The number of pyridine rings is 1. The van der Waals surface area contributed by atoms with Crippen LogP contribution in [0.3, 0.4) is 0 Å². The number of ether oxygens (including phenoxy) is 1. The SMILES string of the molecule is CCCN1CCc2c(sc(NC(=O)c3ccc4ccc(C)nc4c3)c2C(=O)OCC)C1. The molecule has 0 radical (unpaired) electrons. The third kappa shape index (κ3) is 4.48. The van der Waals surface area contributed by atoms with Crippen molar-refractivity contribution in [2.45, 2.75) is 40.2 Å². The van der Waals surface area contributed by atoms with Crippen molar-refractivity contribution in [1.29, 1.82) is 0 Å². The number of hydrogen-bond donors (Lipinski definition) is 1. The Bertz CT molecular complexity index is 1140. The van der Waals surface area contributed by atoms with Gasteiger partial charge in [-0.1, -0.05) is 19.1 Å². The van der Waals surface area contributed by atoms with Crippen LogP contribution in [0.15, 0.2) is 30.3 Å². The van der Waals surface area contributed by atoms with Crippen molar-refractivity contribution < 1.29 is 14.3 Å². The predicted octanol–water partition coefficient (Wildman–Crippen LogP) is 4.80. The average molecular weight is 438 g/mol. The lowest BCUT2D eigenvalue weighted by atomic mass is 10.0. The van der Waals surface area contributed by atoms with Crippen LogP contribution in [0.2, 0.25) is 0 Å². The summed E-state index contributed by atoms with van der Waals surface area (Å²) >= 11 is 1.48. The maximum Gasteiger partial charge on any atom is 0.341 e. The zero-order valence-corrected chi connectivity index (χ0v) is 19.0.